The Morgan fingerprint density at radius 3 is 1.62 bits per heavy atom. The Balaban J connectivity index is 0.942. The van der Waals surface area contributed by atoms with E-state index < -0.39 is 0 Å². The molecule has 2 aromatic heterocycles. The first-order valence-electron chi connectivity index (χ1n) is 24.3. The van der Waals surface area contributed by atoms with Crippen LogP contribution in [0.5, 0.6) is 0 Å². The lowest BCUT2D eigenvalue weighted by Gasteiger charge is -2.27. The molecule has 0 aliphatic rings. The third-order valence-electron chi connectivity index (χ3n) is 14.3. The van der Waals surface area contributed by atoms with Crippen LogP contribution in [-0.4, -0.2) is 4.57 Å². The van der Waals surface area contributed by atoms with E-state index in [0.29, 0.717) is 0 Å². The third kappa shape index (κ3) is 6.89. The molecular weight excluding hydrogens is 861 g/mol. The summed E-state index contributed by atoms with van der Waals surface area (Å²) in [6.07, 6.45) is 0. The summed E-state index contributed by atoms with van der Waals surface area (Å²) in [5.41, 5.74) is 17.8. The smallest absolute Gasteiger partial charge is 0.136 e. The second-order valence-corrected chi connectivity index (χ2v) is 18.5. The maximum absolute atomic E-state index is 6.47. The second kappa shape index (κ2) is 16.7. The highest BCUT2D eigenvalue weighted by Gasteiger charge is 2.20. The highest BCUT2D eigenvalue weighted by atomic mass is 16.3. The van der Waals surface area contributed by atoms with Gasteiger partial charge in [-0.3, -0.25) is 0 Å². The predicted octanol–water partition coefficient (Wildman–Crippen LogP) is 19.1. The SMILES string of the molecule is c1ccc(-c2ccccc2-c2ccc(N(c3ccc(-c4cc(-c5cccc6oc7ccccc7c56)cc(-n5c6ccccc6c6cc7ccccc7cc65)c4)cc3)c3cccc4ccccc34)cc2)cc1. The van der Waals surface area contributed by atoms with Gasteiger partial charge >= 0.3 is 0 Å². The van der Waals surface area contributed by atoms with Gasteiger partial charge in [-0.1, -0.05) is 188 Å². The van der Waals surface area contributed by atoms with Crippen molar-refractivity contribution < 1.29 is 4.42 Å². The first-order chi connectivity index (χ1) is 35.2. The zero-order valence-electron chi connectivity index (χ0n) is 38.7. The molecule has 14 aromatic rings. The van der Waals surface area contributed by atoms with Gasteiger partial charge in [-0.05, 0) is 140 Å². The topological polar surface area (TPSA) is 21.3 Å². The van der Waals surface area contributed by atoms with Crippen molar-refractivity contribution in [2.45, 2.75) is 0 Å². The summed E-state index contributed by atoms with van der Waals surface area (Å²) in [4.78, 5) is 2.40. The van der Waals surface area contributed by atoms with Crippen LogP contribution in [-0.2, 0) is 0 Å². The van der Waals surface area contributed by atoms with Gasteiger partial charge in [0.15, 0.2) is 0 Å². The van der Waals surface area contributed by atoms with Crippen molar-refractivity contribution in [2.24, 2.45) is 0 Å². The van der Waals surface area contributed by atoms with Crippen LogP contribution in [0.2, 0.25) is 0 Å². The average Bonchev–Trinajstić information content (AvgIpc) is 3.99. The summed E-state index contributed by atoms with van der Waals surface area (Å²) in [5, 5.41) is 9.54. The highest BCUT2D eigenvalue weighted by Crippen LogP contribution is 2.44. The van der Waals surface area contributed by atoms with Gasteiger partial charge in [-0.15, -0.1) is 0 Å². The maximum Gasteiger partial charge on any atom is 0.136 e. The molecule has 2 heterocycles. The lowest BCUT2D eigenvalue weighted by Crippen LogP contribution is -2.10. The maximum atomic E-state index is 6.47. The number of para-hydroxylation sites is 2. The van der Waals surface area contributed by atoms with Crippen molar-refractivity contribution >= 4 is 82.4 Å². The molecule has 0 radical (unpaired) electrons. The lowest BCUT2D eigenvalue weighted by atomic mass is 9.94. The van der Waals surface area contributed by atoms with Crippen molar-refractivity contribution in [3.05, 3.63) is 267 Å². The van der Waals surface area contributed by atoms with E-state index in [0.717, 1.165) is 66.9 Å². The van der Waals surface area contributed by atoms with Crippen LogP contribution in [0.1, 0.15) is 0 Å². The molecule has 0 atom stereocenters. The Hall–Kier alpha value is -9.44. The van der Waals surface area contributed by atoms with Gasteiger partial charge in [0.05, 0.1) is 16.7 Å². The summed E-state index contributed by atoms with van der Waals surface area (Å²) < 4.78 is 8.92. The average molecular weight is 905 g/mol. The first kappa shape index (κ1) is 40.6. The zero-order valence-corrected chi connectivity index (χ0v) is 38.7. The standard InChI is InChI=1S/C68H44N2O/c1-2-16-46(17-3-1)56-22-8-9-23-57(56)48-34-38-54(39-35-48)69(63-29-14-21-47-18-6-7-24-58(47)63)53-36-32-45(33-37-53)51-40-52(59-27-15-31-67-68(59)61-26-11-13-30-66(61)71-67)42-55(41-51)70-64-28-12-10-25-60(64)62-43-49-19-4-5-20-50(49)44-65(62)70/h1-44H. The van der Waals surface area contributed by atoms with Gasteiger partial charge in [-0.25, -0.2) is 0 Å². The molecule has 0 amide bonds. The van der Waals surface area contributed by atoms with Gasteiger partial charge in [0.2, 0.25) is 0 Å². The molecule has 3 nitrogen and oxygen atoms in total. The number of benzene rings is 12. The minimum absolute atomic E-state index is 0.880. The quantitative estimate of drug-likeness (QED) is 0.151. The number of furan rings is 1. The van der Waals surface area contributed by atoms with E-state index in [2.05, 4.69) is 270 Å². The van der Waals surface area contributed by atoms with E-state index in [9.17, 15) is 0 Å². The molecule has 0 bridgehead atoms. The fourth-order valence-corrected chi connectivity index (χ4v) is 11.0. The van der Waals surface area contributed by atoms with Crippen LogP contribution in [0, 0.1) is 0 Å². The Morgan fingerprint density at radius 1 is 0.296 bits per heavy atom. The summed E-state index contributed by atoms with van der Waals surface area (Å²) in [6.45, 7) is 0. The Bertz CT molecular complexity index is 4330. The molecule has 71 heavy (non-hydrogen) atoms. The van der Waals surface area contributed by atoms with E-state index in [4.69, 9.17) is 4.42 Å². The van der Waals surface area contributed by atoms with E-state index in [1.165, 1.54) is 65.6 Å². The Labute approximate surface area is 411 Å². The molecule has 0 aliphatic heterocycles. The molecule has 14 rings (SSSR count). The van der Waals surface area contributed by atoms with Crippen LogP contribution < -0.4 is 4.90 Å². The van der Waals surface area contributed by atoms with Gasteiger partial charge in [0.25, 0.3) is 0 Å². The molecule has 0 aliphatic carbocycles. The summed E-state index contributed by atoms with van der Waals surface area (Å²) in [7, 11) is 0. The molecule has 0 spiro atoms. The number of aromatic nitrogens is 1. The second-order valence-electron chi connectivity index (χ2n) is 18.5. The van der Waals surface area contributed by atoms with E-state index in [-0.39, 0.29) is 0 Å². The van der Waals surface area contributed by atoms with Crippen LogP contribution in [0.15, 0.2) is 271 Å². The molecule has 0 saturated heterocycles. The van der Waals surface area contributed by atoms with Gasteiger partial charge in [0, 0.05) is 44.0 Å². The molecule has 0 fully saturated rings. The number of nitrogens with zero attached hydrogens (tertiary/aromatic N) is 2. The number of anilines is 3. The summed E-state index contributed by atoms with van der Waals surface area (Å²) in [5.74, 6) is 0. The Kier molecular flexibility index (Phi) is 9.53. The minimum Gasteiger partial charge on any atom is -0.456 e. The monoisotopic (exact) mass is 904 g/mol. The molecule has 0 saturated carbocycles. The molecule has 0 unspecified atom stereocenters. The van der Waals surface area contributed by atoms with Crippen LogP contribution in [0.25, 0.3) is 115 Å². The summed E-state index contributed by atoms with van der Waals surface area (Å²) >= 11 is 0. The highest BCUT2D eigenvalue weighted by molar-refractivity contribution is 6.15. The number of hydrogen-bond donors (Lipinski definition) is 0. The lowest BCUT2D eigenvalue weighted by molar-refractivity contribution is 0.669. The first-order valence-corrected chi connectivity index (χ1v) is 24.3. The summed E-state index contributed by atoms with van der Waals surface area (Å²) in [6, 6.07) is 96.9. The normalized spacial score (nSPS) is 11.7. The number of hydrogen-bond acceptors (Lipinski definition) is 2. The zero-order chi connectivity index (χ0) is 46.8. The third-order valence-corrected chi connectivity index (χ3v) is 14.3. The van der Waals surface area contributed by atoms with Crippen molar-refractivity contribution in [2.75, 3.05) is 4.90 Å². The molecule has 332 valence electrons. The van der Waals surface area contributed by atoms with E-state index in [1.54, 1.807) is 0 Å². The molecule has 0 N–H and O–H groups in total. The van der Waals surface area contributed by atoms with E-state index in [1.807, 2.05) is 6.07 Å². The fourth-order valence-electron chi connectivity index (χ4n) is 11.0. The van der Waals surface area contributed by atoms with Crippen molar-refractivity contribution in [1.82, 2.24) is 4.57 Å². The molecule has 12 aromatic carbocycles. The van der Waals surface area contributed by atoms with E-state index >= 15 is 0 Å². The number of fused-ring (bicyclic) bond motifs is 8. The Morgan fingerprint density at radius 2 is 0.845 bits per heavy atom. The fraction of sp³-hybridized carbons (Fsp3) is 0. The largest absolute Gasteiger partial charge is 0.456 e. The van der Waals surface area contributed by atoms with Gasteiger partial charge in [0.1, 0.15) is 11.2 Å². The molecular formula is C68H44N2O. The van der Waals surface area contributed by atoms with Crippen LogP contribution in [0.3, 0.4) is 0 Å². The van der Waals surface area contributed by atoms with Crippen molar-refractivity contribution in [3.8, 4) is 50.2 Å². The van der Waals surface area contributed by atoms with Crippen LogP contribution in [0.4, 0.5) is 17.1 Å². The van der Waals surface area contributed by atoms with Gasteiger partial charge in [-0.2, -0.15) is 0 Å². The minimum atomic E-state index is 0.880. The van der Waals surface area contributed by atoms with Crippen molar-refractivity contribution in [3.63, 3.8) is 0 Å². The van der Waals surface area contributed by atoms with Crippen LogP contribution >= 0.6 is 0 Å². The van der Waals surface area contributed by atoms with Crippen molar-refractivity contribution in [1.29, 1.82) is 0 Å². The van der Waals surface area contributed by atoms with Gasteiger partial charge < -0.3 is 13.9 Å². The number of rotatable bonds is 8. The predicted molar refractivity (Wildman–Crippen MR) is 299 cm³/mol. The molecule has 3 heteroatoms.